The number of amides is 2. The summed E-state index contributed by atoms with van der Waals surface area (Å²) in [5, 5.41) is 7.63. The number of hydrogen-bond acceptors (Lipinski definition) is 4. The average Bonchev–Trinajstić information content (AvgIpc) is 3.11. The van der Waals surface area contributed by atoms with Crippen molar-refractivity contribution < 1.29 is 14.4 Å². The van der Waals surface area contributed by atoms with E-state index in [0.717, 1.165) is 30.1 Å². The van der Waals surface area contributed by atoms with Crippen LogP contribution in [0.25, 0.3) is 11.6 Å². The van der Waals surface area contributed by atoms with Gasteiger partial charge in [-0.15, -0.1) is 0 Å². The van der Waals surface area contributed by atoms with E-state index in [1.54, 1.807) is 36.4 Å². The molecule has 3 N–H and O–H groups in total. The number of anilines is 1. The van der Waals surface area contributed by atoms with Gasteiger partial charge in [-0.3, -0.25) is 19.3 Å². The second-order valence-corrected chi connectivity index (χ2v) is 12.3. The molecule has 4 aromatic rings. The molecule has 0 saturated carbocycles. The molecule has 2 amide bonds. The van der Waals surface area contributed by atoms with Gasteiger partial charge in [0, 0.05) is 28.0 Å². The summed E-state index contributed by atoms with van der Waals surface area (Å²) in [6.45, 7) is 0. The number of nitrogens with two attached hydrogens (primary N) is 1. The molecule has 4 aromatic carbocycles. The molecule has 47 heavy (non-hydrogen) atoms. The molecule has 0 heterocycles. The standard InChI is InChI=1S/C35H31N3O3.C6H8/c1-38(2)31-20-24-6-3-4-7-26(24)29-19-18-27-28(32(29)31)8-5-9-30(27)33(39)21-14-16-25(17-15-21)37-35(41)23-12-10-22(11-13-23)34(36)40;1-2-4-6-5-3-1/h3-4,6-7,10-20,31H,5,8-9H2,1-2H3,(H2,36,40)(H,37,41);1-4H,5-6H2. The number of ketones is 1. The van der Waals surface area contributed by atoms with Gasteiger partial charge in [-0.25, -0.2) is 0 Å². The van der Waals surface area contributed by atoms with Crippen molar-refractivity contribution in [1.82, 2.24) is 4.90 Å². The summed E-state index contributed by atoms with van der Waals surface area (Å²) in [6, 6.07) is 26.1. The zero-order valence-corrected chi connectivity index (χ0v) is 26.8. The van der Waals surface area contributed by atoms with Crippen LogP contribution in [-0.4, -0.2) is 36.6 Å². The largest absolute Gasteiger partial charge is 0.366 e. The number of nitrogens with one attached hydrogen (secondary N) is 1. The van der Waals surface area contributed by atoms with Gasteiger partial charge >= 0.3 is 0 Å². The monoisotopic (exact) mass is 621 g/mol. The Kier molecular flexibility index (Phi) is 9.41. The van der Waals surface area contributed by atoms with Crippen molar-refractivity contribution in [1.29, 1.82) is 0 Å². The molecule has 3 aliphatic carbocycles. The molecule has 0 aliphatic heterocycles. The number of allylic oxidation sites excluding steroid dienone is 4. The molecule has 6 nitrogen and oxygen atoms in total. The third kappa shape index (κ3) is 6.79. The van der Waals surface area contributed by atoms with Gasteiger partial charge in [0.05, 0.1) is 6.04 Å². The van der Waals surface area contributed by atoms with E-state index in [4.69, 9.17) is 5.73 Å². The van der Waals surface area contributed by atoms with Crippen LogP contribution in [-0.2, 0) is 6.42 Å². The highest BCUT2D eigenvalue weighted by Gasteiger charge is 2.25. The first-order chi connectivity index (χ1) is 22.8. The fourth-order valence-electron chi connectivity index (χ4n) is 6.56. The summed E-state index contributed by atoms with van der Waals surface area (Å²) in [7, 11) is 4.21. The summed E-state index contributed by atoms with van der Waals surface area (Å²) in [6.07, 6.45) is 15.9. The van der Waals surface area contributed by atoms with E-state index >= 15 is 0 Å². The lowest BCUT2D eigenvalue weighted by Crippen LogP contribution is -2.31. The summed E-state index contributed by atoms with van der Waals surface area (Å²) >= 11 is 0. The molecule has 7 rings (SSSR count). The van der Waals surface area contributed by atoms with Crippen molar-refractivity contribution in [3.8, 4) is 0 Å². The van der Waals surface area contributed by atoms with Crippen LogP contribution in [0.5, 0.6) is 0 Å². The molecule has 0 spiro atoms. The van der Waals surface area contributed by atoms with Crippen molar-refractivity contribution in [2.75, 3.05) is 19.4 Å². The minimum absolute atomic E-state index is 0.0207. The highest BCUT2D eigenvalue weighted by atomic mass is 16.2. The van der Waals surface area contributed by atoms with Crippen molar-refractivity contribution in [3.05, 3.63) is 158 Å². The molecule has 6 heteroatoms. The molecule has 0 aromatic heterocycles. The van der Waals surface area contributed by atoms with Gasteiger partial charge in [0.2, 0.25) is 5.91 Å². The van der Waals surface area contributed by atoms with Crippen LogP contribution in [0.15, 0.2) is 109 Å². The third-order valence-corrected chi connectivity index (χ3v) is 8.97. The van der Waals surface area contributed by atoms with Crippen molar-refractivity contribution in [2.24, 2.45) is 5.73 Å². The Morgan fingerprint density at radius 3 is 2.00 bits per heavy atom. The highest BCUT2D eigenvalue weighted by molar-refractivity contribution is 6.24. The quantitative estimate of drug-likeness (QED) is 0.259. The molecule has 1 unspecified atom stereocenters. The number of nitrogens with zero attached hydrogens (tertiary/aromatic N) is 1. The van der Waals surface area contributed by atoms with Crippen molar-refractivity contribution >= 4 is 34.9 Å². The van der Waals surface area contributed by atoms with E-state index in [1.807, 2.05) is 0 Å². The lowest BCUT2D eigenvalue weighted by molar-refractivity contribution is 0.0995. The van der Waals surface area contributed by atoms with Crippen LogP contribution < -0.4 is 21.5 Å². The van der Waals surface area contributed by atoms with Crippen molar-refractivity contribution in [2.45, 2.75) is 38.1 Å². The normalized spacial score (nSPS) is 15.7. The van der Waals surface area contributed by atoms with Crippen LogP contribution in [0.2, 0.25) is 0 Å². The third-order valence-electron chi connectivity index (χ3n) is 8.97. The first-order valence-corrected chi connectivity index (χ1v) is 16.1. The number of benzene rings is 4. The first-order valence-electron chi connectivity index (χ1n) is 16.1. The van der Waals surface area contributed by atoms with E-state index in [9.17, 15) is 14.4 Å². The topological polar surface area (TPSA) is 92.5 Å². The minimum atomic E-state index is -0.545. The van der Waals surface area contributed by atoms with Crippen molar-refractivity contribution in [3.63, 3.8) is 0 Å². The molecular formula is C41H39N3O3. The zero-order valence-electron chi connectivity index (χ0n) is 26.8. The van der Waals surface area contributed by atoms with Crippen LogP contribution >= 0.6 is 0 Å². The van der Waals surface area contributed by atoms with E-state index < -0.39 is 5.91 Å². The summed E-state index contributed by atoms with van der Waals surface area (Å²) in [4.78, 5) is 40.0. The van der Waals surface area contributed by atoms with Gasteiger partial charge in [-0.1, -0.05) is 66.8 Å². The number of Topliss-reactive ketones (excluding diaryl/α,β-unsaturated/α-hetero) is 1. The van der Waals surface area contributed by atoms with Gasteiger partial charge in [0.1, 0.15) is 0 Å². The predicted octanol–water partition coefficient (Wildman–Crippen LogP) is 5.98. The van der Waals surface area contributed by atoms with Crippen LogP contribution in [0.1, 0.15) is 73.9 Å². The SMILES string of the molecule is C1=CCCC=C1.CN(C)C1C=c2ccccc2=c2ccc3c(c21)CCCC=3C(=O)c1ccc(NC(=O)c2ccc(C(N)=O)cc2)cc1. The van der Waals surface area contributed by atoms with E-state index in [1.165, 1.54) is 51.8 Å². The second kappa shape index (κ2) is 14.0. The molecule has 0 radical (unpaired) electrons. The Morgan fingerprint density at radius 1 is 0.723 bits per heavy atom. The smallest absolute Gasteiger partial charge is 0.255 e. The fourth-order valence-corrected chi connectivity index (χ4v) is 6.56. The molecule has 236 valence electrons. The van der Waals surface area contributed by atoms with E-state index in [2.05, 4.69) is 91.1 Å². The van der Waals surface area contributed by atoms with E-state index in [-0.39, 0.29) is 17.7 Å². The summed E-state index contributed by atoms with van der Waals surface area (Å²) < 4.78 is 0. The Labute approximate surface area is 274 Å². The molecule has 1 atom stereocenters. The maximum Gasteiger partial charge on any atom is 0.255 e. The Balaban J connectivity index is 0.000000580. The summed E-state index contributed by atoms with van der Waals surface area (Å²) in [5.74, 6) is -0.835. The second-order valence-electron chi connectivity index (χ2n) is 12.3. The van der Waals surface area contributed by atoms with Gasteiger partial charge < -0.3 is 11.1 Å². The number of rotatable bonds is 6. The van der Waals surface area contributed by atoms with Gasteiger partial charge in [0.25, 0.3) is 5.91 Å². The number of carbonyl (C=O) groups excluding carboxylic acids is 3. The van der Waals surface area contributed by atoms with Gasteiger partial charge in [0.15, 0.2) is 5.78 Å². The lowest BCUT2D eigenvalue weighted by Gasteiger charge is -2.29. The van der Waals surface area contributed by atoms with Gasteiger partial charge in [-0.05, 0) is 127 Å². The molecule has 3 aliphatic rings. The van der Waals surface area contributed by atoms with E-state index in [0.29, 0.717) is 22.4 Å². The predicted molar refractivity (Wildman–Crippen MR) is 188 cm³/mol. The fraction of sp³-hybridized carbons (Fsp3) is 0.195. The Hall–Kier alpha value is -5.33. The van der Waals surface area contributed by atoms with Gasteiger partial charge in [-0.2, -0.15) is 0 Å². The Morgan fingerprint density at radius 2 is 1.36 bits per heavy atom. The highest BCUT2D eigenvalue weighted by Crippen LogP contribution is 2.30. The maximum absolute atomic E-state index is 13.8. The maximum atomic E-state index is 13.8. The average molecular weight is 622 g/mol. The van der Waals surface area contributed by atoms with Crippen LogP contribution in [0.3, 0.4) is 0 Å². The number of carbonyl (C=O) groups is 3. The molecular weight excluding hydrogens is 582 g/mol. The minimum Gasteiger partial charge on any atom is -0.366 e. The van der Waals surface area contributed by atoms with Crippen LogP contribution in [0, 0.1) is 10.4 Å². The number of primary amides is 1. The molecule has 0 saturated heterocycles. The number of hydrogen-bond donors (Lipinski definition) is 2. The first kappa shape index (κ1) is 31.6. The summed E-state index contributed by atoms with van der Waals surface area (Å²) in [5.41, 5.74) is 10.6. The van der Waals surface area contributed by atoms with Crippen LogP contribution in [0.4, 0.5) is 5.69 Å². The molecule has 0 bridgehead atoms. The molecule has 0 fully saturated rings. The zero-order chi connectivity index (χ0) is 32.9. The Bertz CT molecular complexity index is 2110. The number of fused-ring (bicyclic) bond motifs is 4. The lowest BCUT2D eigenvalue weighted by atomic mass is 9.82.